The predicted octanol–water partition coefficient (Wildman–Crippen LogP) is 7.95. The van der Waals surface area contributed by atoms with E-state index in [1.54, 1.807) is 14.2 Å². The van der Waals surface area contributed by atoms with Crippen molar-refractivity contribution in [1.29, 1.82) is 0 Å². The molecule has 1 fully saturated rings. The van der Waals surface area contributed by atoms with E-state index in [1.807, 2.05) is 0 Å². The lowest BCUT2D eigenvalue weighted by atomic mass is 9.77. The molecule has 2 heterocycles. The molecule has 3 aromatic carbocycles. The van der Waals surface area contributed by atoms with E-state index >= 15 is 0 Å². The molecule has 190 valence electrons. The first kappa shape index (κ1) is 25.6. The molecule has 3 nitrogen and oxygen atoms in total. The van der Waals surface area contributed by atoms with Gasteiger partial charge in [0.25, 0.3) is 0 Å². The quantitative estimate of drug-likeness (QED) is 0.281. The summed E-state index contributed by atoms with van der Waals surface area (Å²) in [6.07, 6.45) is 3.34. The second-order valence-corrected chi connectivity index (χ2v) is 13.1. The van der Waals surface area contributed by atoms with Gasteiger partial charge in [-0.2, -0.15) is 0 Å². The molecule has 0 saturated carbocycles. The second-order valence-electron chi connectivity index (χ2n) is 10.0. The normalized spacial score (nSPS) is 21.8. The fourth-order valence-corrected chi connectivity index (χ4v) is 9.41. The highest BCUT2D eigenvalue weighted by molar-refractivity contribution is 8.18. The minimum absolute atomic E-state index is 0.0150. The third-order valence-electron chi connectivity index (χ3n) is 7.99. The molecule has 0 radical (unpaired) electrons. The number of benzene rings is 3. The molecule has 2 aliphatic rings. The van der Waals surface area contributed by atoms with Gasteiger partial charge in [0.05, 0.1) is 18.3 Å². The SMILES string of the molecule is CCC(C)C1CN2CCc3cc(OC)c(OC)cc3C2CC1(Sc1ccccc1)Sc1ccccc1. The minimum Gasteiger partial charge on any atom is -0.493 e. The molecular weight excluding hydrogens is 482 g/mol. The highest BCUT2D eigenvalue weighted by Crippen LogP contribution is 2.61. The number of nitrogens with zero attached hydrogens (tertiary/aromatic N) is 1. The average molecular weight is 520 g/mol. The number of thioether (sulfide) groups is 2. The molecule has 0 N–H and O–H groups in total. The van der Waals surface area contributed by atoms with Crippen molar-refractivity contribution in [3.8, 4) is 11.5 Å². The summed E-state index contributed by atoms with van der Waals surface area (Å²) in [5.74, 6) is 2.86. The van der Waals surface area contributed by atoms with Crippen LogP contribution in [-0.2, 0) is 6.42 Å². The van der Waals surface area contributed by atoms with Crippen molar-refractivity contribution in [2.45, 2.75) is 53.0 Å². The van der Waals surface area contributed by atoms with Crippen molar-refractivity contribution in [2.75, 3.05) is 27.3 Å². The first-order valence-corrected chi connectivity index (χ1v) is 14.7. The Hall–Kier alpha value is -2.08. The van der Waals surface area contributed by atoms with Crippen LogP contribution in [0.5, 0.6) is 11.5 Å². The Morgan fingerprint density at radius 2 is 1.50 bits per heavy atom. The maximum atomic E-state index is 5.75. The van der Waals surface area contributed by atoms with Gasteiger partial charge in [0, 0.05) is 28.9 Å². The van der Waals surface area contributed by atoms with Gasteiger partial charge in [-0.05, 0) is 72.2 Å². The summed E-state index contributed by atoms with van der Waals surface area (Å²) in [5.41, 5.74) is 2.81. The van der Waals surface area contributed by atoms with Gasteiger partial charge in [0.1, 0.15) is 0 Å². The third-order valence-corrected chi connectivity index (χ3v) is 11.1. The van der Waals surface area contributed by atoms with E-state index in [-0.39, 0.29) is 4.08 Å². The van der Waals surface area contributed by atoms with E-state index in [1.165, 1.54) is 27.3 Å². The van der Waals surface area contributed by atoms with E-state index in [4.69, 9.17) is 9.47 Å². The first-order valence-electron chi connectivity index (χ1n) is 13.0. The van der Waals surface area contributed by atoms with Gasteiger partial charge in [0.15, 0.2) is 11.5 Å². The largest absolute Gasteiger partial charge is 0.493 e. The van der Waals surface area contributed by atoms with Crippen LogP contribution in [0.15, 0.2) is 82.6 Å². The lowest BCUT2D eigenvalue weighted by Gasteiger charge is -2.54. The maximum absolute atomic E-state index is 5.75. The Bertz CT molecular complexity index is 1110. The summed E-state index contributed by atoms with van der Waals surface area (Å²) in [4.78, 5) is 5.46. The smallest absolute Gasteiger partial charge is 0.161 e. The van der Waals surface area contributed by atoms with Gasteiger partial charge < -0.3 is 9.47 Å². The zero-order chi connectivity index (χ0) is 25.1. The van der Waals surface area contributed by atoms with E-state index in [9.17, 15) is 0 Å². The zero-order valence-corrected chi connectivity index (χ0v) is 23.4. The van der Waals surface area contributed by atoms with Crippen molar-refractivity contribution in [3.05, 3.63) is 83.9 Å². The number of hydrogen-bond acceptors (Lipinski definition) is 5. The summed E-state index contributed by atoms with van der Waals surface area (Å²) >= 11 is 4.17. The Kier molecular flexibility index (Phi) is 7.90. The molecule has 0 spiro atoms. The second kappa shape index (κ2) is 11.1. The molecule has 0 bridgehead atoms. The first-order chi connectivity index (χ1) is 17.6. The summed E-state index contributed by atoms with van der Waals surface area (Å²) in [6, 6.07) is 26.9. The molecular formula is C31H37NO2S2. The molecule has 3 atom stereocenters. The average Bonchev–Trinajstić information content (AvgIpc) is 2.92. The van der Waals surface area contributed by atoms with Crippen LogP contribution in [0.1, 0.15) is 43.9 Å². The van der Waals surface area contributed by atoms with Gasteiger partial charge >= 0.3 is 0 Å². The monoisotopic (exact) mass is 519 g/mol. The summed E-state index contributed by atoms with van der Waals surface area (Å²) < 4.78 is 11.4. The van der Waals surface area contributed by atoms with Crippen LogP contribution >= 0.6 is 23.5 Å². The number of rotatable bonds is 8. The van der Waals surface area contributed by atoms with Crippen LogP contribution in [0.25, 0.3) is 0 Å². The van der Waals surface area contributed by atoms with Gasteiger partial charge in [-0.1, -0.05) is 56.7 Å². The fourth-order valence-electron chi connectivity index (χ4n) is 5.88. The molecule has 2 aliphatic heterocycles. The zero-order valence-electron chi connectivity index (χ0n) is 21.8. The summed E-state index contributed by atoms with van der Waals surface area (Å²) in [6.45, 7) is 7.03. The molecule has 36 heavy (non-hydrogen) atoms. The van der Waals surface area contributed by atoms with Crippen molar-refractivity contribution >= 4 is 23.5 Å². The molecule has 0 aliphatic carbocycles. The molecule has 1 saturated heterocycles. The summed E-state index contributed by atoms with van der Waals surface area (Å²) in [5, 5.41) is 0. The topological polar surface area (TPSA) is 21.7 Å². The lowest BCUT2D eigenvalue weighted by Crippen LogP contribution is -2.53. The van der Waals surface area contributed by atoms with E-state index in [0.717, 1.165) is 37.4 Å². The Morgan fingerprint density at radius 3 is 2.06 bits per heavy atom. The van der Waals surface area contributed by atoms with Crippen LogP contribution in [0.2, 0.25) is 0 Å². The van der Waals surface area contributed by atoms with Crippen LogP contribution in [0.4, 0.5) is 0 Å². The van der Waals surface area contributed by atoms with E-state index in [2.05, 4.69) is 115 Å². The van der Waals surface area contributed by atoms with Crippen molar-refractivity contribution < 1.29 is 9.47 Å². The summed E-state index contributed by atoms with van der Waals surface area (Å²) in [7, 11) is 3.47. The number of fused-ring (bicyclic) bond motifs is 3. The highest BCUT2D eigenvalue weighted by Gasteiger charge is 2.51. The van der Waals surface area contributed by atoms with Crippen LogP contribution < -0.4 is 9.47 Å². The number of hydrogen-bond donors (Lipinski definition) is 0. The minimum atomic E-state index is 0.0150. The Balaban J connectivity index is 1.61. The van der Waals surface area contributed by atoms with Crippen molar-refractivity contribution in [1.82, 2.24) is 4.90 Å². The van der Waals surface area contributed by atoms with Crippen LogP contribution in [0, 0.1) is 11.8 Å². The van der Waals surface area contributed by atoms with Gasteiger partial charge in [0.2, 0.25) is 0 Å². The number of methoxy groups -OCH3 is 2. The molecule has 3 aromatic rings. The molecule has 0 amide bonds. The molecule has 5 rings (SSSR count). The predicted molar refractivity (Wildman–Crippen MR) is 152 cm³/mol. The lowest BCUT2D eigenvalue weighted by molar-refractivity contribution is 0.0713. The Morgan fingerprint density at radius 1 is 0.917 bits per heavy atom. The number of ether oxygens (including phenoxy) is 2. The standard InChI is InChI=1S/C31H37NO2S2/c1-5-22(2)27-21-32-17-16-23-18-29(33-3)30(34-4)19-26(23)28(32)20-31(27,35-24-12-8-6-9-13-24)36-25-14-10-7-11-15-25/h6-15,18-19,22,27-28H,5,16-17,20-21H2,1-4H3. The number of piperidine rings is 1. The third kappa shape index (κ3) is 5.03. The fraction of sp³-hybridized carbons (Fsp3) is 0.419. The van der Waals surface area contributed by atoms with Crippen molar-refractivity contribution in [2.24, 2.45) is 11.8 Å². The van der Waals surface area contributed by atoms with Crippen molar-refractivity contribution in [3.63, 3.8) is 0 Å². The van der Waals surface area contributed by atoms with Gasteiger partial charge in [-0.3, -0.25) is 4.90 Å². The molecule has 3 unspecified atom stereocenters. The van der Waals surface area contributed by atoms with Crippen LogP contribution in [-0.4, -0.2) is 36.3 Å². The van der Waals surface area contributed by atoms with E-state index < -0.39 is 0 Å². The highest BCUT2D eigenvalue weighted by atomic mass is 32.2. The maximum Gasteiger partial charge on any atom is 0.161 e. The van der Waals surface area contributed by atoms with E-state index in [0.29, 0.717) is 17.9 Å². The van der Waals surface area contributed by atoms with Gasteiger partial charge in [-0.15, -0.1) is 23.5 Å². The van der Waals surface area contributed by atoms with Crippen LogP contribution in [0.3, 0.4) is 0 Å². The molecule has 0 aromatic heterocycles. The Labute approximate surface area is 225 Å². The molecule has 5 heteroatoms. The van der Waals surface area contributed by atoms with Gasteiger partial charge in [-0.25, -0.2) is 0 Å².